The highest BCUT2D eigenvalue weighted by Crippen LogP contribution is 2.15. The van der Waals surface area contributed by atoms with Gasteiger partial charge in [0, 0.05) is 25.9 Å². The molecule has 88 valence electrons. The van der Waals surface area contributed by atoms with Crippen LogP contribution in [0.5, 0.6) is 0 Å². The molecule has 0 aliphatic carbocycles. The highest BCUT2D eigenvalue weighted by molar-refractivity contribution is 5.94. The second-order valence-corrected chi connectivity index (χ2v) is 4.41. The molecule has 1 aromatic rings. The van der Waals surface area contributed by atoms with Crippen molar-refractivity contribution in [2.75, 3.05) is 11.9 Å². The van der Waals surface area contributed by atoms with E-state index in [1.807, 2.05) is 0 Å². The van der Waals surface area contributed by atoms with Crippen LogP contribution in [0.25, 0.3) is 0 Å². The van der Waals surface area contributed by atoms with Crippen molar-refractivity contribution >= 4 is 11.6 Å². The number of carbonyl (C=O) groups excluding carboxylic acids is 1. The summed E-state index contributed by atoms with van der Waals surface area (Å²) in [5.41, 5.74) is 5.36. The number of aromatic nitrogens is 1. The molecule has 3 N–H and O–H groups in total. The van der Waals surface area contributed by atoms with Gasteiger partial charge in [-0.1, -0.05) is 0 Å². The van der Waals surface area contributed by atoms with Crippen LogP contribution in [0.4, 0.5) is 5.69 Å². The molecule has 0 saturated carbocycles. The first-order valence-corrected chi connectivity index (χ1v) is 5.05. The fourth-order valence-corrected chi connectivity index (χ4v) is 1.06. The Morgan fingerprint density at radius 3 is 2.62 bits per heavy atom. The molecule has 0 spiro atoms. The molecular weight excluding hydrogens is 206 g/mol. The monoisotopic (exact) mass is 223 g/mol. The van der Waals surface area contributed by atoms with Crippen molar-refractivity contribution in [3.05, 3.63) is 28.7 Å². The average Bonchev–Trinajstić information content (AvgIpc) is 2.23. The first-order valence-electron chi connectivity index (χ1n) is 5.05. The minimum absolute atomic E-state index is 0.115. The van der Waals surface area contributed by atoms with Crippen molar-refractivity contribution in [1.29, 1.82) is 0 Å². The second kappa shape index (κ2) is 4.49. The van der Waals surface area contributed by atoms with Crippen molar-refractivity contribution in [1.82, 2.24) is 4.57 Å². The first-order chi connectivity index (χ1) is 7.36. The maximum absolute atomic E-state index is 11.8. The van der Waals surface area contributed by atoms with E-state index in [0.29, 0.717) is 5.69 Å². The molecule has 1 amide bonds. The summed E-state index contributed by atoms with van der Waals surface area (Å²) in [5.74, 6) is -0.159. The van der Waals surface area contributed by atoms with E-state index >= 15 is 0 Å². The second-order valence-electron chi connectivity index (χ2n) is 4.41. The molecule has 16 heavy (non-hydrogen) atoms. The molecule has 0 aliphatic rings. The van der Waals surface area contributed by atoms with Gasteiger partial charge in [0.25, 0.3) is 0 Å². The number of hydrogen-bond donors (Lipinski definition) is 2. The van der Waals surface area contributed by atoms with Gasteiger partial charge in [-0.15, -0.1) is 0 Å². The van der Waals surface area contributed by atoms with Crippen LogP contribution in [0.1, 0.15) is 13.8 Å². The Kier molecular flexibility index (Phi) is 3.49. The number of amides is 1. The average molecular weight is 223 g/mol. The summed E-state index contributed by atoms with van der Waals surface area (Å²) in [5, 5.41) is 2.72. The Hall–Kier alpha value is -1.62. The lowest BCUT2D eigenvalue weighted by Gasteiger charge is -2.21. The molecule has 1 rings (SSSR count). The molecule has 5 nitrogen and oxygen atoms in total. The van der Waals surface area contributed by atoms with E-state index in [1.54, 1.807) is 33.2 Å². The summed E-state index contributed by atoms with van der Waals surface area (Å²) < 4.78 is 1.41. The third kappa shape index (κ3) is 2.70. The lowest BCUT2D eigenvalue weighted by Crippen LogP contribution is -2.37. The van der Waals surface area contributed by atoms with Crippen molar-refractivity contribution < 1.29 is 4.79 Å². The standard InChI is InChI=1S/C11H17N3O2/c1-11(2,7-12)10(16)13-8-4-5-9(15)14(3)6-8/h4-6H,7,12H2,1-3H3,(H,13,16). The number of anilines is 1. The van der Waals surface area contributed by atoms with E-state index < -0.39 is 5.41 Å². The van der Waals surface area contributed by atoms with Gasteiger partial charge in [-0.05, 0) is 19.9 Å². The van der Waals surface area contributed by atoms with Gasteiger partial charge >= 0.3 is 0 Å². The van der Waals surface area contributed by atoms with Crippen molar-refractivity contribution in [3.8, 4) is 0 Å². The van der Waals surface area contributed by atoms with Gasteiger partial charge in [0.05, 0.1) is 11.1 Å². The third-order valence-electron chi connectivity index (χ3n) is 2.47. The lowest BCUT2D eigenvalue weighted by molar-refractivity contribution is -0.123. The van der Waals surface area contributed by atoms with Gasteiger partial charge in [0.2, 0.25) is 11.5 Å². The number of nitrogens with one attached hydrogen (secondary N) is 1. The topological polar surface area (TPSA) is 77.1 Å². The Labute approximate surface area is 94.3 Å². The molecule has 1 aromatic heterocycles. The number of rotatable bonds is 3. The molecule has 0 radical (unpaired) electrons. The number of nitrogens with two attached hydrogens (primary N) is 1. The van der Waals surface area contributed by atoms with Crippen LogP contribution < -0.4 is 16.6 Å². The smallest absolute Gasteiger partial charge is 0.250 e. The van der Waals surface area contributed by atoms with E-state index in [2.05, 4.69) is 5.32 Å². The number of nitrogens with zero attached hydrogens (tertiary/aromatic N) is 1. The quantitative estimate of drug-likeness (QED) is 0.774. The Morgan fingerprint density at radius 2 is 2.12 bits per heavy atom. The molecule has 0 aromatic carbocycles. The normalized spacial score (nSPS) is 11.2. The molecule has 0 saturated heterocycles. The summed E-state index contributed by atoms with van der Waals surface area (Å²) in [6.45, 7) is 3.80. The lowest BCUT2D eigenvalue weighted by atomic mass is 9.92. The van der Waals surface area contributed by atoms with Crippen LogP contribution in [0.15, 0.2) is 23.1 Å². The van der Waals surface area contributed by atoms with E-state index in [0.717, 1.165) is 0 Å². The molecule has 0 aliphatic heterocycles. The SMILES string of the molecule is Cn1cc(NC(=O)C(C)(C)CN)ccc1=O. The summed E-state index contributed by atoms with van der Waals surface area (Å²) in [6.07, 6.45) is 1.58. The summed E-state index contributed by atoms with van der Waals surface area (Å²) in [7, 11) is 1.63. The number of carbonyl (C=O) groups is 1. The minimum Gasteiger partial charge on any atom is -0.329 e. The summed E-state index contributed by atoms with van der Waals surface area (Å²) in [4.78, 5) is 22.9. The Morgan fingerprint density at radius 1 is 1.50 bits per heavy atom. The zero-order valence-electron chi connectivity index (χ0n) is 9.78. The van der Waals surface area contributed by atoms with Gasteiger partial charge < -0.3 is 15.6 Å². The number of pyridine rings is 1. The maximum atomic E-state index is 11.8. The number of hydrogen-bond acceptors (Lipinski definition) is 3. The van der Waals surface area contributed by atoms with E-state index in [-0.39, 0.29) is 18.0 Å². The predicted octanol–water partition coefficient (Wildman–Crippen LogP) is 0.309. The van der Waals surface area contributed by atoms with Crippen LogP contribution in [0.2, 0.25) is 0 Å². The van der Waals surface area contributed by atoms with Gasteiger partial charge in [-0.2, -0.15) is 0 Å². The first kappa shape index (κ1) is 12.4. The fourth-order valence-electron chi connectivity index (χ4n) is 1.06. The molecule has 0 atom stereocenters. The zero-order chi connectivity index (χ0) is 12.3. The van der Waals surface area contributed by atoms with Gasteiger partial charge in [0.15, 0.2) is 0 Å². The van der Waals surface area contributed by atoms with Gasteiger partial charge in [0.1, 0.15) is 0 Å². The summed E-state index contributed by atoms with van der Waals surface area (Å²) >= 11 is 0. The van der Waals surface area contributed by atoms with Crippen LogP contribution in [-0.2, 0) is 11.8 Å². The molecule has 0 unspecified atom stereocenters. The summed E-state index contributed by atoms with van der Waals surface area (Å²) in [6, 6.07) is 2.98. The molecule has 0 fully saturated rings. The van der Waals surface area contributed by atoms with Crippen molar-refractivity contribution in [3.63, 3.8) is 0 Å². The molecule has 1 heterocycles. The highest BCUT2D eigenvalue weighted by atomic mass is 16.2. The van der Waals surface area contributed by atoms with E-state index in [1.165, 1.54) is 10.6 Å². The minimum atomic E-state index is -0.616. The van der Waals surface area contributed by atoms with E-state index in [9.17, 15) is 9.59 Å². The van der Waals surface area contributed by atoms with E-state index in [4.69, 9.17) is 5.73 Å². The third-order valence-corrected chi connectivity index (χ3v) is 2.47. The fraction of sp³-hybridized carbons (Fsp3) is 0.455. The van der Waals surface area contributed by atoms with Crippen molar-refractivity contribution in [2.45, 2.75) is 13.8 Å². The Balaban J connectivity index is 2.86. The van der Waals surface area contributed by atoms with Crippen LogP contribution in [0.3, 0.4) is 0 Å². The molecular formula is C11H17N3O2. The maximum Gasteiger partial charge on any atom is 0.250 e. The largest absolute Gasteiger partial charge is 0.329 e. The zero-order valence-corrected chi connectivity index (χ0v) is 9.78. The van der Waals surface area contributed by atoms with Gasteiger partial charge in [-0.3, -0.25) is 9.59 Å². The van der Waals surface area contributed by atoms with Crippen LogP contribution >= 0.6 is 0 Å². The Bertz CT molecular complexity index is 449. The van der Waals surface area contributed by atoms with Crippen LogP contribution in [0, 0.1) is 5.41 Å². The van der Waals surface area contributed by atoms with Gasteiger partial charge in [-0.25, -0.2) is 0 Å². The highest BCUT2D eigenvalue weighted by Gasteiger charge is 2.25. The number of aryl methyl sites for hydroxylation is 1. The molecule has 0 bridgehead atoms. The molecule has 5 heteroatoms. The predicted molar refractivity (Wildman–Crippen MR) is 63.1 cm³/mol. The van der Waals surface area contributed by atoms with Crippen LogP contribution in [-0.4, -0.2) is 17.0 Å². The van der Waals surface area contributed by atoms with Crippen molar-refractivity contribution in [2.24, 2.45) is 18.2 Å².